The molecule has 66 valence electrons. The number of rotatable bonds is 2. The molecular formula is C8H13N3O. The third-order valence-electron chi connectivity index (χ3n) is 2.31. The Balaban J connectivity index is 2.02. The normalized spacial score (nSPS) is 29.4. The first kappa shape index (κ1) is 7.76. The number of β-amino-alcohol motifs (C(OH)–C–C–N with tert-alkyl or cyclic N) is 1. The third kappa shape index (κ3) is 1.49. The second-order valence-electron chi connectivity index (χ2n) is 3.43. The molecule has 0 spiro atoms. The van der Waals surface area contributed by atoms with E-state index in [1.165, 1.54) is 0 Å². The summed E-state index contributed by atoms with van der Waals surface area (Å²) >= 11 is 0. The van der Waals surface area contributed by atoms with Crippen LogP contribution in [0.1, 0.15) is 12.0 Å². The van der Waals surface area contributed by atoms with Crippen molar-refractivity contribution in [1.82, 2.24) is 15.5 Å². The largest absolute Gasteiger partial charge is 0.388 e. The Hall–Kier alpha value is -0.870. The summed E-state index contributed by atoms with van der Waals surface area (Å²) in [4.78, 5) is 0. The van der Waals surface area contributed by atoms with Crippen LogP contribution in [0.3, 0.4) is 0 Å². The number of nitrogens with one attached hydrogen (secondary N) is 2. The van der Waals surface area contributed by atoms with Gasteiger partial charge in [0.2, 0.25) is 0 Å². The molecular weight excluding hydrogens is 154 g/mol. The number of hydrogen-bond acceptors (Lipinski definition) is 3. The molecule has 4 heteroatoms. The number of aromatic nitrogens is 2. The maximum absolute atomic E-state index is 9.96. The molecule has 4 nitrogen and oxygen atoms in total. The first-order valence-electron chi connectivity index (χ1n) is 4.19. The van der Waals surface area contributed by atoms with Gasteiger partial charge in [-0.3, -0.25) is 5.10 Å². The van der Waals surface area contributed by atoms with Crippen LogP contribution in [-0.2, 0) is 6.42 Å². The van der Waals surface area contributed by atoms with Gasteiger partial charge in [-0.05, 0) is 18.5 Å². The molecule has 1 aromatic heterocycles. The molecule has 0 amide bonds. The molecule has 0 radical (unpaired) electrons. The van der Waals surface area contributed by atoms with Crippen LogP contribution in [0, 0.1) is 0 Å². The van der Waals surface area contributed by atoms with Crippen LogP contribution >= 0.6 is 0 Å². The number of H-pyrrole nitrogens is 1. The molecule has 0 aromatic carbocycles. The van der Waals surface area contributed by atoms with Crippen molar-refractivity contribution in [2.24, 2.45) is 0 Å². The molecule has 12 heavy (non-hydrogen) atoms. The Labute approximate surface area is 71.0 Å². The van der Waals surface area contributed by atoms with Gasteiger partial charge in [0.05, 0.1) is 11.8 Å². The second kappa shape index (κ2) is 2.88. The predicted molar refractivity (Wildman–Crippen MR) is 44.7 cm³/mol. The summed E-state index contributed by atoms with van der Waals surface area (Å²) in [5.41, 5.74) is 0.519. The minimum Gasteiger partial charge on any atom is -0.388 e. The average molecular weight is 167 g/mol. The highest BCUT2D eigenvalue weighted by Crippen LogP contribution is 2.19. The van der Waals surface area contributed by atoms with Crippen LogP contribution < -0.4 is 5.32 Å². The van der Waals surface area contributed by atoms with Gasteiger partial charge in [-0.2, -0.15) is 5.10 Å². The Morgan fingerprint density at radius 3 is 3.17 bits per heavy atom. The quantitative estimate of drug-likeness (QED) is 0.565. The van der Waals surface area contributed by atoms with Crippen molar-refractivity contribution in [2.75, 3.05) is 13.1 Å². The number of nitrogens with zero attached hydrogens (tertiary/aromatic N) is 1. The van der Waals surface area contributed by atoms with Crippen LogP contribution in [0.5, 0.6) is 0 Å². The van der Waals surface area contributed by atoms with E-state index in [1.807, 2.05) is 6.20 Å². The van der Waals surface area contributed by atoms with Crippen LogP contribution in [0.25, 0.3) is 0 Å². The summed E-state index contributed by atoms with van der Waals surface area (Å²) in [7, 11) is 0. The van der Waals surface area contributed by atoms with Gasteiger partial charge in [-0.1, -0.05) is 0 Å². The van der Waals surface area contributed by atoms with Crippen LogP contribution in [0.2, 0.25) is 0 Å². The highest BCUT2D eigenvalue weighted by molar-refractivity contribution is 5.09. The van der Waals surface area contributed by atoms with Crippen molar-refractivity contribution >= 4 is 0 Å². The van der Waals surface area contributed by atoms with Crippen molar-refractivity contribution in [2.45, 2.75) is 18.4 Å². The molecule has 1 unspecified atom stereocenters. The van der Waals surface area contributed by atoms with E-state index in [0.717, 1.165) is 18.5 Å². The zero-order chi connectivity index (χ0) is 8.44. The zero-order valence-corrected chi connectivity index (χ0v) is 6.88. The minimum atomic E-state index is -0.552. The second-order valence-corrected chi connectivity index (χ2v) is 3.43. The number of aliphatic hydroxyl groups is 1. The van der Waals surface area contributed by atoms with E-state index in [0.29, 0.717) is 13.0 Å². The van der Waals surface area contributed by atoms with Gasteiger partial charge in [0, 0.05) is 19.2 Å². The fraction of sp³-hybridized carbons (Fsp3) is 0.625. The summed E-state index contributed by atoms with van der Waals surface area (Å²) in [6.07, 6.45) is 5.11. The lowest BCUT2D eigenvalue weighted by atomic mass is 9.96. The predicted octanol–water partition coefficient (Wildman–Crippen LogP) is -0.323. The van der Waals surface area contributed by atoms with E-state index < -0.39 is 5.60 Å². The Morgan fingerprint density at radius 1 is 1.67 bits per heavy atom. The smallest absolute Gasteiger partial charge is 0.0824 e. The first-order chi connectivity index (χ1) is 5.79. The molecule has 1 aliphatic heterocycles. The van der Waals surface area contributed by atoms with Gasteiger partial charge in [-0.25, -0.2) is 0 Å². The zero-order valence-electron chi connectivity index (χ0n) is 6.88. The summed E-state index contributed by atoms with van der Waals surface area (Å²) in [5.74, 6) is 0. The molecule has 0 bridgehead atoms. The number of aromatic amines is 1. The van der Waals surface area contributed by atoms with Crippen LogP contribution in [0.15, 0.2) is 12.4 Å². The molecule has 3 N–H and O–H groups in total. The van der Waals surface area contributed by atoms with Gasteiger partial charge < -0.3 is 10.4 Å². The van der Waals surface area contributed by atoms with Crippen LogP contribution in [-0.4, -0.2) is 34.0 Å². The maximum atomic E-state index is 9.96. The molecule has 0 saturated carbocycles. The summed E-state index contributed by atoms with van der Waals surface area (Å²) in [6.45, 7) is 1.60. The van der Waals surface area contributed by atoms with Gasteiger partial charge in [0.1, 0.15) is 0 Å². The van der Waals surface area contributed by atoms with E-state index >= 15 is 0 Å². The lowest BCUT2D eigenvalue weighted by Crippen LogP contribution is -2.33. The van der Waals surface area contributed by atoms with Gasteiger partial charge in [0.15, 0.2) is 0 Å². The Morgan fingerprint density at radius 2 is 2.58 bits per heavy atom. The summed E-state index contributed by atoms with van der Waals surface area (Å²) < 4.78 is 0. The summed E-state index contributed by atoms with van der Waals surface area (Å²) in [5, 5.41) is 19.7. The van der Waals surface area contributed by atoms with Crippen molar-refractivity contribution < 1.29 is 5.11 Å². The minimum absolute atomic E-state index is 0.552. The van der Waals surface area contributed by atoms with Gasteiger partial charge in [-0.15, -0.1) is 0 Å². The van der Waals surface area contributed by atoms with Crippen molar-refractivity contribution in [3.8, 4) is 0 Å². The molecule has 1 atom stereocenters. The average Bonchev–Trinajstić information content (AvgIpc) is 2.62. The fourth-order valence-electron chi connectivity index (χ4n) is 1.64. The third-order valence-corrected chi connectivity index (χ3v) is 2.31. The van der Waals surface area contributed by atoms with Crippen LogP contribution in [0.4, 0.5) is 0 Å². The highest BCUT2D eigenvalue weighted by Gasteiger charge is 2.31. The van der Waals surface area contributed by atoms with Gasteiger partial charge in [0.25, 0.3) is 0 Å². The van der Waals surface area contributed by atoms with E-state index in [2.05, 4.69) is 15.5 Å². The molecule has 1 aliphatic rings. The molecule has 1 fully saturated rings. The van der Waals surface area contributed by atoms with E-state index in [1.54, 1.807) is 6.20 Å². The Kier molecular flexibility index (Phi) is 1.86. The monoisotopic (exact) mass is 167 g/mol. The summed E-state index contributed by atoms with van der Waals surface area (Å²) in [6, 6.07) is 0. The van der Waals surface area contributed by atoms with Crippen molar-refractivity contribution in [3.63, 3.8) is 0 Å². The first-order valence-corrected chi connectivity index (χ1v) is 4.19. The molecule has 0 aliphatic carbocycles. The Bertz CT molecular complexity index is 239. The molecule has 1 saturated heterocycles. The lowest BCUT2D eigenvalue weighted by molar-refractivity contribution is 0.0619. The standard InChI is InChI=1S/C8H13N3O/c12-8(1-2-9-6-8)3-7-4-10-11-5-7/h4-5,9,12H,1-3,6H2,(H,10,11). The fourth-order valence-corrected chi connectivity index (χ4v) is 1.64. The van der Waals surface area contributed by atoms with Crippen molar-refractivity contribution in [3.05, 3.63) is 18.0 Å². The van der Waals surface area contributed by atoms with E-state index in [4.69, 9.17) is 0 Å². The molecule has 2 heterocycles. The lowest BCUT2D eigenvalue weighted by Gasteiger charge is -2.19. The topological polar surface area (TPSA) is 60.9 Å². The molecule has 1 aromatic rings. The van der Waals surface area contributed by atoms with Gasteiger partial charge >= 0.3 is 0 Å². The maximum Gasteiger partial charge on any atom is 0.0824 e. The highest BCUT2D eigenvalue weighted by atomic mass is 16.3. The van der Waals surface area contributed by atoms with E-state index in [-0.39, 0.29) is 0 Å². The number of hydrogen-bond donors (Lipinski definition) is 3. The SMILES string of the molecule is OC1(Cc2cn[nH]c2)CCNC1. The molecule has 2 rings (SSSR count). The van der Waals surface area contributed by atoms with Crippen molar-refractivity contribution in [1.29, 1.82) is 0 Å². The van der Waals surface area contributed by atoms with E-state index in [9.17, 15) is 5.11 Å².